The molecule has 0 amide bonds. The minimum atomic E-state index is 1.09. The van der Waals surface area contributed by atoms with Crippen molar-refractivity contribution in [1.82, 2.24) is 0 Å². The van der Waals surface area contributed by atoms with E-state index in [0.717, 1.165) is 6.42 Å². The normalized spacial score (nSPS) is 10.8. The lowest BCUT2D eigenvalue weighted by Crippen LogP contribution is -1.77. The largest absolute Gasteiger partial charge is 0.0991 e. The molecule has 0 bridgehead atoms. The average molecular weight is 165 g/mol. The first kappa shape index (κ1) is 11.5. The van der Waals surface area contributed by atoms with Crippen molar-refractivity contribution >= 4 is 0 Å². The molecule has 0 rings (SSSR count). The van der Waals surface area contributed by atoms with Crippen LogP contribution in [-0.4, -0.2) is 0 Å². The highest BCUT2D eigenvalue weighted by atomic mass is 13.9. The monoisotopic (exact) mass is 165 g/mol. The molecule has 0 aromatic heterocycles. The van der Waals surface area contributed by atoms with Crippen LogP contribution in [0.2, 0.25) is 0 Å². The number of rotatable bonds is 8. The quantitative estimate of drug-likeness (QED) is 0.372. The fourth-order valence-electron chi connectivity index (χ4n) is 1.16. The molecule has 0 fully saturated rings. The van der Waals surface area contributed by atoms with Crippen LogP contribution in [0.3, 0.4) is 0 Å². The van der Waals surface area contributed by atoms with Gasteiger partial charge in [-0.15, -0.1) is 0 Å². The molecule has 12 heavy (non-hydrogen) atoms. The minimum Gasteiger partial charge on any atom is -0.0991 e. The van der Waals surface area contributed by atoms with Gasteiger partial charge in [0.15, 0.2) is 0 Å². The average Bonchev–Trinajstić information content (AvgIpc) is 2.10. The molecule has 0 unspecified atom stereocenters. The van der Waals surface area contributed by atoms with Gasteiger partial charge in [-0.1, -0.05) is 63.8 Å². The molecule has 0 spiro atoms. The number of hydrogen-bond acceptors (Lipinski definition) is 0. The number of unbranched alkanes of at least 4 members (excludes halogenated alkanes) is 6. The van der Waals surface area contributed by atoms with Crippen molar-refractivity contribution in [2.45, 2.75) is 44.9 Å². The van der Waals surface area contributed by atoms with E-state index in [9.17, 15) is 0 Å². The van der Waals surface area contributed by atoms with Gasteiger partial charge in [0.05, 0.1) is 0 Å². The summed E-state index contributed by atoms with van der Waals surface area (Å²) < 4.78 is 0. The molecular weight excluding hydrogens is 144 g/mol. The standard InChI is InChI=1S/C12H21/c1-3-5-7-9-11-12-10-8-6-4-2/h3,5,7H,1-2,4,6,8-12H2/b7-5-. The van der Waals surface area contributed by atoms with Gasteiger partial charge in [0.2, 0.25) is 0 Å². The van der Waals surface area contributed by atoms with Gasteiger partial charge in [-0.05, 0) is 12.8 Å². The summed E-state index contributed by atoms with van der Waals surface area (Å²) in [7, 11) is 0. The van der Waals surface area contributed by atoms with Crippen molar-refractivity contribution in [3.8, 4) is 0 Å². The molecule has 0 saturated carbocycles. The van der Waals surface area contributed by atoms with Crippen LogP contribution in [0, 0.1) is 6.92 Å². The number of allylic oxidation sites excluding steroid dienone is 3. The van der Waals surface area contributed by atoms with Gasteiger partial charge >= 0.3 is 0 Å². The van der Waals surface area contributed by atoms with Crippen LogP contribution < -0.4 is 0 Å². The summed E-state index contributed by atoms with van der Waals surface area (Å²) in [5.41, 5.74) is 0. The highest BCUT2D eigenvalue weighted by molar-refractivity contribution is 4.96. The van der Waals surface area contributed by atoms with Crippen LogP contribution in [0.4, 0.5) is 0 Å². The molecule has 0 saturated heterocycles. The van der Waals surface area contributed by atoms with Crippen LogP contribution in [-0.2, 0) is 0 Å². The van der Waals surface area contributed by atoms with Crippen molar-refractivity contribution in [3.63, 3.8) is 0 Å². The Balaban J connectivity index is 2.90. The molecule has 0 heterocycles. The van der Waals surface area contributed by atoms with Gasteiger partial charge in [-0.25, -0.2) is 0 Å². The summed E-state index contributed by atoms with van der Waals surface area (Å²) in [6.07, 6.45) is 15.1. The molecule has 69 valence electrons. The Morgan fingerprint density at radius 2 is 1.58 bits per heavy atom. The molecular formula is C12H21. The molecule has 0 aliphatic carbocycles. The lowest BCUT2D eigenvalue weighted by atomic mass is 10.1. The summed E-state index contributed by atoms with van der Waals surface area (Å²) in [5, 5.41) is 0. The van der Waals surface area contributed by atoms with Gasteiger partial charge < -0.3 is 0 Å². The minimum absolute atomic E-state index is 1.09. The van der Waals surface area contributed by atoms with E-state index in [0.29, 0.717) is 0 Å². The second-order valence-corrected chi connectivity index (χ2v) is 3.07. The summed E-state index contributed by atoms with van der Waals surface area (Å²) in [4.78, 5) is 0. The molecule has 0 atom stereocenters. The van der Waals surface area contributed by atoms with Gasteiger partial charge in [0.25, 0.3) is 0 Å². The van der Waals surface area contributed by atoms with Crippen molar-refractivity contribution in [1.29, 1.82) is 0 Å². The predicted octanol–water partition coefficient (Wildman–Crippen LogP) is 4.29. The van der Waals surface area contributed by atoms with E-state index < -0.39 is 0 Å². The van der Waals surface area contributed by atoms with Gasteiger partial charge in [-0.2, -0.15) is 0 Å². The SMILES string of the molecule is [CH2]CCCCCCC/C=C\C=C. The van der Waals surface area contributed by atoms with E-state index in [4.69, 9.17) is 0 Å². The highest BCUT2D eigenvalue weighted by Crippen LogP contribution is 2.06. The highest BCUT2D eigenvalue weighted by Gasteiger charge is 1.87. The first-order valence-electron chi connectivity index (χ1n) is 4.98. The fourth-order valence-corrected chi connectivity index (χ4v) is 1.16. The van der Waals surface area contributed by atoms with Gasteiger partial charge in [0, 0.05) is 0 Å². The topological polar surface area (TPSA) is 0 Å². The molecule has 1 radical (unpaired) electrons. The summed E-state index contributed by atoms with van der Waals surface area (Å²) in [6, 6.07) is 0. The van der Waals surface area contributed by atoms with Crippen LogP contribution in [0.1, 0.15) is 44.9 Å². The maximum absolute atomic E-state index is 3.82. The third kappa shape index (κ3) is 9.48. The summed E-state index contributed by atoms with van der Waals surface area (Å²) in [6.45, 7) is 7.45. The van der Waals surface area contributed by atoms with Gasteiger partial charge in [-0.3, -0.25) is 0 Å². The maximum Gasteiger partial charge on any atom is -0.0348 e. The molecule has 0 N–H and O–H groups in total. The van der Waals surface area contributed by atoms with Crippen LogP contribution in [0.15, 0.2) is 24.8 Å². The van der Waals surface area contributed by atoms with Crippen molar-refractivity contribution in [2.75, 3.05) is 0 Å². The zero-order chi connectivity index (χ0) is 9.07. The molecule has 0 aliphatic heterocycles. The lowest BCUT2D eigenvalue weighted by Gasteiger charge is -1.96. The fraction of sp³-hybridized carbons (Fsp3) is 0.583. The Bertz CT molecular complexity index is 111. The van der Waals surface area contributed by atoms with Crippen molar-refractivity contribution < 1.29 is 0 Å². The van der Waals surface area contributed by atoms with E-state index in [1.165, 1.54) is 38.5 Å². The van der Waals surface area contributed by atoms with Crippen molar-refractivity contribution in [2.24, 2.45) is 0 Å². The third-order valence-electron chi connectivity index (χ3n) is 1.89. The first-order chi connectivity index (χ1) is 5.91. The van der Waals surface area contributed by atoms with Crippen LogP contribution in [0.25, 0.3) is 0 Å². The molecule has 0 nitrogen and oxygen atoms in total. The van der Waals surface area contributed by atoms with E-state index in [2.05, 4.69) is 19.6 Å². The Morgan fingerprint density at radius 3 is 2.25 bits per heavy atom. The lowest BCUT2D eigenvalue weighted by molar-refractivity contribution is 0.621. The van der Waals surface area contributed by atoms with Gasteiger partial charge in [0.1, 0.15) is 0 Å². The predicted molar refractivity (Wildman–Crippen MR) is 57.0 cm³/mol. The Hall–Kier alpha value is -0.520. The molecule has 0 aromatic carbocycles. The summed E-state index contributed by atoms with van der Waals surface area (Å²) >= 11 is 0. The zero-order valence-corrected chi connectivity index (χ0v) is 8.10. The smallest absolute Gasteiger partial charge is 0.0348 e. The van der Waals surface area contributed by atoms with E-state index in [-0.39, 0.29) is 0 Å². The third-order valence-corrected chi connectivity index (χ3v) is 1.89. The van der Waals surface area contributed by atoms with E-state index in [1.807, 2.05) is 12.2 Å². The first-order valence-corrected chi connectivity index (χ1v) is 4.98. The zero-order valence-electron chi connectivity index (χ0n) is 8.10. The number of hydrogen-bond donors (Lipinski definition) is 0. The second kappa shape index (κ2) is 10.5. The maximum atomic E-state index is 3.82. The summed E-state index contributed by atoms with van der Waals surface area (Å²) in [5.74, 6) is 0. The van der Waals surface area contributed by atoms with Crippen LogP contribution in [0.5, 0.6) is 0 Å². The van der Waals surface area contributed by atoms with E-state index in [1.54, 1.807) is 0 Å². The molecule has 0 aliphatic rings. The Morgan fingerprint density at radius 1 is 0.917 bits per heavy atom. The Kier molecular flexibility index (Phi) is 10.0. The van der Waals surface area contributed by atoms with E-state index >= 15 is 0 Å². The second-order valence-electron chi connectivity index (χ2n) is 3.07. The molecule has 0 aromatic rings. The van der Waals surface area contributed by atoms with Crippen molar-refractivity contribution in [3.05, 3.63) is 31.7 Å². The molecule has 0 heteroatoms. The van der Waals surface area contributed by atoms with Crippen LogP contribution >= 0.6 is 0 Å². The Labute approximate surface area is 77.4 Å².